The topological polar surface area (TPSA) is 9.23 Å². The Labute approximate surface area is 93.8 Å². The Hall–Kier alpha value is -0.340. The molecule has 1 fully saturated rings. The van der Waals surface area contributed by atoms with Gasteiger partial charge in [-0.1, -0.05) is 17.7 Å². The highest BCUT2D eigenvalue weighted by Gasteiger charge is 2.34. The lowest BCUT2D eigenvalue weighted by atomic mass is 9.96. The van der Waals surface area contributed by atoms with Gasteiger partial charge in [-0.2, -0.15) is 11.8 Å². The summed E-state index contributed by atoms with van der Waals surface area (Å²) in [5.74, 6) is 2.00. The van der Waals surface area contributed by atoms with E-state index >= 15 is 0 Å². The van der Waals surface area contributed by atoms with Gasteiger partial charge < -0.3 is 4.74 Å². The van der Waals surface area contributed by atoms with Crippen molar-refractivity contribution in [1.82, 2.24) is 0 Å². The van der Waals surface area contributed by atoms with Crippen molar-refractivity contribution in [3.05, 3.63) is 28.8 Å². The second-order valence-electron chi connectivity index (χ2n) is 3.68. The van der Waals surface area contributed by atoms with Gasteiger partial charge in [0.05, 0.1) is 12.1 Å². The molecule has 0 N–H and O–H groups in total. The maximum Gasteiger partial charge on any atom is 0.137 e. The minimum atomic E-state index is 0.274. The zero-order chi connectivity index (χ0) is 10.2. The third-order valence-electron chi connectivity index (χ3n) is 2.76. The van der Waals surface area contributed by atoms with Crippen LogP contribution in [-0.2, 0) is 4.75 Å². The summed E-state index contributed by atoms with van der Waals surface area (Å²) < 4.78 is 5.40. The van der Waals surface area contributed by atoms with Gasteiger partial charge in [-0.05, 0) is 36.8 Å². The molecule has 1 heterocycles. The lowest BCUT2D eigenvalue weighted by molar-refractivity contribution is 0.414. The van der Waals surface area contributed by atoms with E-state index in [9.17, 15) is 0 Å². The molecular formula is C11H13ClOS. The van der Waals surface area contributed by atoms with Crippen LogP contribution in [0.15, 0.2) is 18.2 Å². The zero-order valence-corrected chi connectivity index (χ0v) is 9.91. The summed E-state index contributed by atoms with van der Waals surface area (Å²) in [6.07, 6.45) is 1.24. The largest absolute Gasteiger partial charge is 0.495 e. The van der Waals surface area contributed by atoms with Gasteiger partial charge in [-0.3, -0.25) is 0 Å². The van der Waals surface area contributed by atoms with Crippen LogP contribution in [0.25, 0.3) is 0 Å². The fourth-order valence-electron chi connectivity index (χ4n) is 1.63. The summed E-state index contributed by atoms with van der Waals surface area (Å²) in [6.45, 7) is 2.26. The predicted octanol–water partition coefficient (Wildman–Crippen LogP) is 3.70. The first kappa shape index (κ1) is 10.2. The Morgan fingerprint density at radius 3 is 2.64 bits per heavy atom. The second kappa shape index (κ2) is 3.67. The zero-order valence-electron chi connectivity index (χ0n) is 8.34. The monoisotopic (exact) mass is 228 g/mol. The van der Waals surface area contributed by atoms with Crippen molar-refractivity contribution in [1.29, 1.82) is 0 Å². The molecule has 1 nitrogen and oxygen atoms in total. The highest BCUT2D eigenvalue weighted by molar-refractivity contribution is 8.01. The molecule has 0 spiro atoms. The van der Waals surface area contributed by atoms with Crippen molar-refractivity contribution in [2.24, 2.45) is 0 Å². The quantitative estimate of drug-likeness (QED) is 0.764. The van der Waals surface area contributed by atoms with E-state index in [1.54, 1.807) is 7.11 Å². The Bertz CT molecular complexity index is 347. The highest BCUT2D eigenvalue weighted by Crippen LogP contribution is 2.49. The first-order valence-corrected chi connectivity index (χ1v) is 6.00. The maximum atomic E-state index is 6.08. The molecule has 2 rings (SSSR count). The van der Waals surface area contributed by atoms with Gasteiger partial charge in [0.1, 0.15) is 5.75 Å². The lowest BCUT2D eigenvalue weighted by Gasteiger charge is -2.38. The summed E-state index contributed by atoms with van der Waals surface area (Å²) >= 11 is 8.07. The molecule has 1 atom stereocenters. The molecule has 0 aliphatic carbocycles. The van der Waals surface area contributed by atoms with E-state index in [2.05, 4.69) is 13.0 Å². The molecule has 3 heteroatoms. The van der Waals surface area contributed by atoms with Crippen LogP contribution < -0.4 is 4.74 Å². The molecule has 1 unspecified atom stereocenters. The number of halogens is 1. The van der Waals surface area contributed by atoms with Crippen molar-refractivity contribution in [2.75, 3.05) is 12.9 Å². The number of rotatable bonds is 2. The fourth-order valence-corrected chi connectivity index (χ4v) is 3.00. The summed E-state index contributed by atoms with van der Waals surface area (Å²) in [5.41, 5.74) is 1.31. The summed E-state index contributed by atoms with van der Waals surface area (Å²) in [4.78, 5) is 0. The third kappa shape index (κ3) is 1.61. The van der Waals surface area contributed by atoms with Crippen molar-refractivity contribution in [2.45, 2.75) is 18.1 Å². The average molecular weight is 229 g/mol. The Kier molecular flexibility index (Phi) is 2.67. The molecule has 1 aromatic carbocycles. The molecule has 14 heavy (non-hydrogen) atoms. The Morgan fingerprint density at radius 1 is 1.50 bits per heavy atom. The summed E-state index contributed by atoms with van der Waals surface area (Å²) in [7, 11) is 1.64. The molecule has 1 aliphatic rings. The number of thioether (sulfide) groups is 1. The van der Waals surface area contributed by atoms with Crippen LogP contribution in [0.1, 0.15) is 18.9 Å². The van der Waals surface area contributed by atoms with Gasteiger partial charge in [-0.15, -0.1) is 0 Å². The number of benzene rings is 1. The smallest absolute Gasteiger partial charge is 0.137 e. The van der Waals surface area contributed by atoms with Gasteiger partial charge in [0.15, 0.2) is 0 Å². The molecule has 0 aromatic heterocycles. The predicted molar refractivity (Wildman–Crippen MR) is 62.4 cm³/mol. The van der Waals surface area contributed by atoms with Gasteiger partial charge in [-0.25, -0.2) is 0 Å². The van der Waals surface area contributed by atoms with E-state index in [0.29, 0.717) is 5.02 Å². The van der Waals surface area contributed by atoms with Crippen LogP contribution in [0.2, 0.25) is 5.02 Å². The third-order valence-corrected chi connectivity index (χ3v) is 4.54. The van der Waals surface area contributed by atoms with Crippen LogP contribution >= 0.6 is 23.4 Å². The van der Waals surface area contributed by atoms with E-state index in [-0.39, 0.29) is 4.75 Å². The van der Waals surface area contributed by atoms with E-state index in [4.69, 9.17) is 16.3 Å². The fraction of sp³-hybridized carbons (Fsp3) is 0.455. The first-order chi connectivity index (χ1) is 6.65. The first-order valence-electron chi connectivity index (χ1n) is 4.64. The second-order valence-corrected chi connectivity index (χ2v) is 5.68. The van der Waals surface area contributed by atoms with Crippen LogP contribution in [0.4, 0.5) is 0 Å². The van der Waals surface area contributed by atoms with E-state index in [1.807, 2.05) is 23.9 Å². The van der Waals surface area contributed by atoms with E-state index < -0.39 is 0 Å². The summed E-state index contributed by atoms with van der Waals surface area (Å²) in [6, 6.07) is 6.07. The Balaban J connectivity index is 2.32. The van der Waals surface area contributed by atoms with Gasteiger partial charge >= 0.3 is 0 Å². The maximum absolute atomic E-state index is 6.08. The number of hydrogen-bond donors (Lipinski definition) is 0. The number of ether oxygens (including phenoxy) is 1. The Morgan fingerprint density at radius 2 is 2.21 bits per heavy atom. The molecule has 0 saturated carbocycles. The molecule has 1 aromatic rings. The van der Waals surface area contributed by atoms with Crippen molar-refractivity contribution < 1.29 is 4.74 Å². The van der Waals surface area contributed by atoms with Crippen molar-refractivity contribution in [3.63, 3.8) is 0 Å². The van der Waals surface area contributed by atoms with Gasteiger partial charge in [0.2, 0.25) is 0 Å². The number of hydrogen-bond acceptors (Lipinski definition) is 2. The molecule has 1 aliphatic heterocycles. The van der Waals surface area contributed by atoms with Crippen molar-refractivity contribution in [3.8, 4) is 5.75 Å². The summed E-state index contributed by atoms with van der Waals surface area (Å²) in [5, 5.41) is 0.707. The highest BCUT2D eigenvalue weighted by atomic mass is 35.5. The molecule has 0 radical (unpaired) electrons. The molecule has 1 saturated heterocycles. The van der Waals surface area contributed by atoms with Crippen LogP contribution in [0.5, 0.6) is 5.75 Å². The van der Waals surface area contributed by atoms with Crippen LogP contribution in [-0.4, -0.2) is 12.9 Å². The lowest BCUT2D eigenvalue weighted by Crippen LogP contribution is -2.27. The van der Waals surface area contributed by atoms with Crippen LogP contribution in [0.3, 0.4) is 0 Å². The average Bonchev–Trinajstić information content (AvgIpc) is 2.14. The minimum Gasteiger partial charge on any atom is -0.495 e. The van der Waals surface area contributed by atoms with E-state index in [0.717, 1.165) is 5.75 Å². The van der Waals surface area contributed by atoms with Crippen LogP contribution in [0, 0.1) is 0 Å². The van der Waals surface area contributed by atoms with Gasteiger partial charge in [0, 0.05) is 4.75 Å². The molecule has 0 bridgehead atoms. The standard InChI is InChI=1S/C11H13ClOS/c1-11(5-6-14-11)8-3-4-10(13-2)9(12)7-8/h3-4,7H,5-6H2,1-2H3. The SMILES string of the molecule is COc1ccc(C2(C)CCS2)cc1Cl. The number of methoxy groups -OCH3 is 1. The van der Waals surface area contributed by atoms with Crippen molar-refractivity contribution >= 4 is 23.4 Å². The van der Waals surface area contributed by atoms with E-state index in [1.165, 1.54) is 17.7 Å². The molecule has 76 valence electrons. The normalized spacial score (nSPS) is 25.6. The molecule has 0 amide bonds. The molecular weight excluding hydrogens is 216 g/mol. The minimum absolute atomic E-state index is 0.274. The van der Waals surface area contributed by atoms with Gasteiger partial charge in [0.25, 0.3) is 0 Å².